The third-order valence-corrected chi connectivity index (χ3v) is 1.51. The molecule has 0 fully saturated rings. The number of hydrogen-bond acceptors (Lipinski definition) is 5. The number of oxime groups is 1. The summed E-state index contributed by atoms with van der Waals surface area (Å²) in [6.45, 7) is 8.36. The topological polar surface area (TPSA) is 141 Å². The molecule has 0 saturated heterocycles. The number of aromatic nitrogens is 4. The van der Waals surface area contributed by atoms with Crippen LogP contribution in [-0.2, 0) is 0 Å². The molecule has 0 aliphatic carbocycles. The van der Waals surface area contributed by atoms with E-state index in [9.17, 15) is 0 Å². The zero-order valence-electron chi connectivity index (χ0n) is 10.3. The maximum atomic E-state index is 8.13. The van der Waals surface area contributed by atoms with E-state index in [1.54, 1.807) is 13.1 Å². The van der Waals surface area contributed by atoms with E-state index in [2.05, 4.69) is 30.4 Å². The van der Waals surface area contributed by atoms with Gasteiger partial charge in [0, 0.05) is 19.0 Å². The Hall–Kier alpha value is -2.86. The Labute approximate surface area is 109 Å². The SMILES string of the molecule is CCO.NC(=NO)c1cn[nH]c1.[C-]#[N+]c1cn[nH]c1. The molecule has 102 valence electrons. The normalized spacial score (nSPS) is 9.42. The second-order valence-electron chi connectivity index (χ2n) is 2.86. The van der Waals surface area contributed by atoms with Crippen LogP contribution in [0, 0.1) is 6.57 Å². The second-order valence-corrected chi connectivity index (χ2v) is 2.86. The minimum atomic E-state index is 0.0590. The highest BCUT2D eigenvalue weighted by Crippen LogP contribution is 2.03. The molecule has 0 atom stereocenters. The maximum Gasteiger partial charge on any atom is 0.223 e. The van der Waals surface area contributed by atoms with Crippen LogP contribution in [0.25, 0.3) is 4.85 Å². The number of nitrogens with two attached hydrogens (primary N) is 1. The third kappa shape index (κ3) is 7.14. The zero-order valence-corrected chi connectivity index (χ0v) is 10.3. The molecule has 0 aromatic carbocycles. The van der Waals surface area contributed by atoms with Gasteiger partial charge in [0.1, 0.15) is 0 Å². The number of aromatic amines is 2. The van der Waals surface area contributed by atoms with Gasteiger partial charge in [0.25, 0.3) is 0 Å². The van der Waals surface area contributed by atoms with E-state index in [4.69, 9.17) is 22.6 Å². The molecular weight excluding hydrogens is 250 g/mol. The summed E-state index contributed by atoms with van der Waals surface area (Å²) in [5.74, 6) is 0.0590. The molecule has 2 aromatic heterocycles. The van der Waals surface area contributed by atoms with Gasteiger partial charge in [-0.1, -0.05) is 5.16 Å². The third-order valence-electron chi connectivity index (χ3n) is 1.51. The molecule has 0 amide bonds. The fraction of sp³-hybridized carbons (Fsp3) is 0.200. The molecule has 0 bridgehead atoms. The van der Waals surface area contributed by atoms with Gasteiger partial charge in [-0.15, -0.1) is 0 Å². The molecule has 0 aliphatic heterocycles. The van der Waals surface area contributed by atoms with Crippen LogP contribution in [-0.4, -0.2) is 43.2 Å². The van der Waals surface area contributed by atoms with Crippen molar-refractivity contribution in [3.8, 4) is 0 Å². The standard InChI is InChI=1S/C4H6N4O.C4H3N3.C2H6O/c5-4(8-9)3-1-6-7-2-3;1-5-4-2-6-7-3-4;1-2-3/h1-2,9H,(H2,5,8)(H,6,7);2-3H,(H,6,7);3H,2H2,1H3. The van der Waals surface area contributed by atoms with Gasteiger partial charge in [0.15, 0.2) is 5.84 Å². The fourth-order valence-electron chi connectivity index (χ4n) is 0.754. The summed E-state index contributed by atoms with van der Waals surface area (Å²) in [6, 6.07) is 0. The molecule has 2 aromatic rings. The van der Waals surface area contributed by atoms with Gasteiger partial charge in [-0.05, 0) is 6.92 Å². The van der Waals surface area contributed by atoms with E-state index in [0.29, 0.717) is 11.3 Å². The lowest BCUT2D eigenvalue weighted by Gasteiger charge is -1.86. The van der Waals surface area contributed by atoms with Gasteiger partial charge in [-0.3, -0.25) is 10.2 Å². The highest BCUT2D eigenvalue weighted by Gasteiger charge is 1.96. The summed E-state index contributed by atoms with van der Waals surface area (Å²) in [6.07, 6.45) is 6.03. The van der Waals surface area contributed by atoms with Gasteiger partial charge in [0.2, 0.25) is 5.69 Å². The molecule has 6 N–H and O–H groups in total. The van der Waals surface area contributed by atoms with E-state index in [-0.39, 0.29) is 12.4 Å². The number of aliphatic hydroxyl groups is 1. The Morgan fingerprint density at radius 1 is 1.42 bits per heavy atom. The Balaban J connectivity index is 0.000000289. The highest BCUT2D eigenvalue weighted by atomic mass is 16.4. The summed E-state index contributed by atoms with van der Waals surface area (Å²) >= 11 is 0. The first-order valence-corrected chi connectivity index (χ1v) is 5.13. The predicted molar refractivity (Wildman–Crippen MR) is 68.7 cm³/mol. The summed E-state index contributed by atoms with van der Waals surface area (Å²) in [4.78, 5) is 3.09. The predicted octanol–water partition coefficient (Wildman–Crippen LogP) is 0.463. The van der Waals surface area contributed by atoms with Crippen LogP contribution in [0.2, 0.25) is 0 Å². The lowest BCUT2D eigenvalue weighted by molar-refractivity contribution is 0.318. The molecule has 0 spiro atoms. The second kappa shape index (κ2) is 10.3. The minimum Gasteiger partial charge on any atom is -0.409 e. The van der Waals surface area contributed by atoms with Crippen molar-refractivity contribution >= 4 is 11.5 Å². The van der Waals surface area contributed by atoms with Crippen molar-refractivity contribution in [2.45, 2.75) is 6.92 Å². The number of nitrogens with one attached hydrogen (secondary N) is 2. The summed E-state index contributed by atoms with van der Waals surface area (Å²) in [7, 11) is 0. The minimum absolute atomic E-state index is 0.0590. The van der Waals surface area contributed by atoms with E-state index in [0.717, 1.165) is 0 Å². The highest BCUT2D eigenvalue weighted by molar-refractivity contribution is 5.96. The Kier molecular flexibility index (Phi) is 8.75. The number of hydrogen-bond donors (Lipinski definition) is 5. The van der Waals surface area contributed by atoms with Gasteiger partial charge in [0.05, 0.1) is 24.5 Å². The maximum absolute atomic E-state index is 8.13. The molecule has 0 radical (unpaired) electrons. The van der Waals surface area contributed by atoms with Crippen molar-refractivity contribution in [1.82, 2.24) is 20.4 Å². The molecular formula is C10H15N7O2. The molecule has 0 aliphatic rings. The van der Waals surface area contributed by atoms with Gasteiger partial charge < -0.3 is 16.0 Å². The first-order chi connectivity index (χ1) is 9.19. The molecule has 9 heteroatoms. The van der Waals surface area contributed by atoms with Crippen LogP contribution in [0.15, 0.2) is 29.9 Å². The largest absolute Gasteiger partial charge is 0.409 e. The number of amidine groups is 1. The van der Waals surface area contributed by atoms with Crippen molar-refractivity contribution in [2.24, 2.45) is 10.9 Å². The van der Waals surface area contributed by atoms with Gasteiger partial charge >= 0.3 is 0 Å². The Bertz CT molecular complexity index is 484. The number of aliphatic hydroxyl groups excluding tert-OH is 1. The van der Waals surface area contributed by atoms with Gasteiger partial charge in [-0.2, -0.15) is 10.2 Å². The van der Waals surface area contributed by atoms with Crippen LogP contribution >= 0.6 is 0 Å². The molecule has 19 heavy (non-hydrogen) atoms. The quantitative estimate of drug-likeness (QED) is 0.167. The Morgan fingerprint density at radius 2 is 2.00 bits per heavy atom. The van der Waals surface area contributed by atoms with Crippen molar-refractivity contribution in [1.29, 1.82) is 0 Å². The van der Waals surface area contributed by atoms with Crippen LogP contribution in [0.3, 0.4) is 0 Å². The number of rotatable bonds is 1. The fourth-order valence-corrected chi connectivity index (χ4v) is 0.754. The van der Waals surface area contributed by atoms with Crippen molar-refractivity contribution in [3.05, 3.63) is 41.8 Å². The van der Waals surface area contributed by atoms with E-state index < -0.39 is 0 Å². The summed E-state index contributed by atoms with van der Waals surface area (Å²) in [5, 5.41) is 30.7. The van der Waals surface area contributed by atoms with E-state index >= 15 is 0 Å². The van der Waals surface area contributed by atoms with Crippen LogP contribution < -0.4 is 5.73 Å². The van der Waals surface area contributed by atoms with Crippen LogP contribution in [0.5, 0.6) is 0 Å². The number of H-pyrrole nitrogens is 2. The van der Waals surface area contributed by atoms with Crippen LogP contribution in [0.1, 0.15) is 12.5 Å². The average Bonchev–Trinajstić information content (AvgIpc) is 3.12. The van der Waals surface area contributed by atoms with Gasteiger partial charge in [-0.25, -0.2) is 4.85 Å². The monoisotopic (exact) mass is 265 g/mol. The average molecular weight is 265 g/mol. The molecule has 0 unspecified atom stereocenters. The Morgan fingerprint density at radius 3 is 2.32 bits per heavy atom. The lowest BCUT2D eigenvalue weighted by atomic mass is 10.3. The molecule has 2 heterocycles. The van der Waals surface area contributed by atoms with Crippen molar-refractivity contribution in [3.63, 3.8) is 0 Å². The first-order valence-electron chi connectivity index (χ1n) is 5.13. The van der Waals surface area contributed by atoms with E-state index in [1.807, 2.05) is 0 Å². The van der Waals surface area contributed by atoms with Crippen LogP contribution in [0.4, 0.5) is 5.69 Å². The number of nitrogens with zero attached hydrogens (tertiary/aromatic N) is 4. The van der Waals surface area contributed by atoms with Crippen molar-refractivity contribution < 1.29 is 10.3 Å². The van der Waals surface area contributed by atoms with E-state index in [1.165, 1.54) is 18.6 Å². The lowest BCUT2D eigenvalue weighted by Crippen LogP contribution is -2.11. The molecule has 2 rings (SSSR count). The summed E-state index contributed by atoms with van der Waals surface area (Å²) < 4.78 is 0. The van der Waals surface area contributed by atoms with Crippen molar-refractivity contribution in [2.75, 3.05) is 6.61 Å². The zero-order chi connectivity index (χ0) is 14.5. The first kappa shape index (κ1) is 16.1. The molecule has 9 nitrogen and oxygen atoms in total. The smallest absolute Gasteiger partial charge is 0.223 e. The molecule has 0 saturated carbocycles. The summed E-state index contributed by atoms with van der Waals surface area (Å²) in [5.41, 5.74) is 6.32.